The lowest BCUT2D eigenvalue weighted by Gasteiger charge is -2.38. The third kappa shape index (κ3) is 5.30. The Kier molecular flexibility index (Phi) is 7.94. The van der Waals surface area contributed by atoms with Crippen LogP contribution in [-0.4, -0.2) is 50.0 Å². The number of ether oxygens (including phenoxy) is 1. The fourth-order valence-corrected chi connectivity index (χ4v) is 5.01. The van der Waals surface area contributed by atoms with Gasteiger partial charge < -0.3 is 10.1 Å². The third-order valence-corrected chi connectivity index (χ3v) is 7.19. The van der Waals surface area contributed by atoms with E-state index in [2.05, 4.69) is 89.9 Å². The molecule has 1 aliphatic heterocycles. The number of benzene rings is 3. The molecule has 0 aliphatic carbocycles. The number of carbonyl (C=O) groups is 1. The molecule has 3 aromatic rings. The molecule has 4 nitrogen and oxygen atoms in total. The Hall–Kier alpha value is -2.79. The molecule has 0 radical (unpaired) electrons. The molecule has 2 unspecified atom stereocenters. The van der Waals surface area contributed by atoms with Crippen molar-refractivity contribution in [3.63, 3.8) is 0 Å². The molecule has 3 aromatic carbocycles. The minimum absolute atomic E-state index is 0.0875. The molecular weight excluding hydrogens is 420 g/mol. The van der Waals surface area contributed by atoms with Gasteiger partial charge in [-0.1, -0.05) is 85.8 Å². The first-order valence-electron chi connectivity index (χ1n) is 12.3. The predicted octanol–water partition coefficient (Wildman–Crippen LogP) is 5.08. The number of carbonyl (C=O) groups excluding carboxylic acids is 1. The molecular formula is C30H36N2O2. The van der Waals surface area contributed by atoms with Crippen molar-refractivity contribution < 1.29 is 9.53 Å². The summed E-state index contributed by atoms with van der Waals surface area (Å²) in [4.78, 5) is 16.0. The first-order chi connectivity index (χ1) is 16.5. The number of hydrogen-bond donors (Lipinski definition) is 1. The van der Waals surface area contributed by atoms with E-state index in [9.17, 15) is 4.79 Å². The summed E-state index contributed by atoms with van der Waals surface area (Å²) >= 11 is 0. The molecule has 34 heavy (non-hydrogen) atoms. The Morgan fingerprint density at radius 1 is 1.00 bits per heavy atom. The van der Waals surface area contributed by atoms with Crippen LogP contribution in [0.1, 0.15) is 36.1 Å². The second-order valence-corrected chi connectivity index (χ2v) is 9.38. The van der Waals surface area contributed by atoms with Gasteiger partial charge in [0.15, 0.2) is 5.78 Å². The Morgan fingerprint density at radius 3 is 2.35 bits per heavy atom. The number of nitrogens with zero attached hydrogens (tertiary/aromatic N) is 1. The second kappa shape index (κ2) is 11.1. The summed E-state index contributed by atoms with van der Waals surface area (Å²) in [5.41, 5.74) is 5.23. The van der Waals surface area contributed by atoms with Crippen molar-refractivity contribution in [3.05, 3.63) is 95.6 Å². The topological polar surface area (TPSA) is 41.6 Å². The second-order valence-electron chi connectivity index (χ2n) is 9.38. The van der Waals surface area contributed by atoms with E-state index in [1.165, 1.54) is 16.7 Å². The van der Waals surface area contributed by atoms with Crippen molar-refractivity contribution in [1.29, 1.82) is 0 Å². The highest BCUT2D eigenvalue weighted by Gasteiger charge is 2.39. The Labute approximate surface area is 204 Å². The van der Waals surface area contributed by atoms with Gasteiger partial charge in [0.1, 0.15) is 0 Å². The molecule has 1 saturated heterocycles. The molecule has 1 N–H and O–H groups in total. The molecule has 1 heterocycles. The third-order valence-electron chi connectivity index (χ3n) is 7.19. The van der Waals surface area contributed by atoms with Crippen LogP contribution in [0.5, 0.6) is 0 Å². The van der Waals surface area contributed by atoms with Crippen LogP contribution in [0.2, 0.25) is 0 Å². The summed E-state index contributed by atoms with van der Waals surface area (Å²) in [6.07, 6.45) is 1.94. The van der Waals surface area contributed by atoms with Gasteiger partial charge in [0.2, 0.25) is 0 Å². The van der Waals surface area contributed by atoms with E-state index in [4.69, 9.17) is 4.74 Å². The summed E-state index contributed by atoms with van der Waals surface area (Å²) in [6, 6.07) is 27.3. The highest BCUT2D eigenvalue weighted by Crippen LogP contribution is 2.32. The average molecular weight is 457 g/mol. The number of morpholine rings is 1. The van der Waals surface area contributed by atoms with Gasteiger partial charge in [0.25, 0.3) is 0 Å². The molecule has 178 valence electrons. The molecule has 4 heteroatoms. The number of ketones is 1. The predicted molar refractivity (Wildman–Crippen MR) is 139 cm³/mol. The normalized spacial score (nSPS) is 17.9. The van der Waals surface area contributed by atoms with Crippen molar-refractivity contribution in [1.82, 2.24) is 10.2 Å². The van der Waals surface area contributed by atoms with Crippen molar-refractivity contribution in [2.45, 2.75) is 37.8 Å². The van der Waals surface area contributed by atoms with Crippen LogP contribution >= 0.6 is 0 Å². The summed E-state index contributed by atoms with van der Waals surface area (Å²) in [5.74, 6) is 0.256. The molecule has 1 aliphatic rings. The van der Waals surface area contributed by atoms with Crippen LogP contribution in [0.15, 0.2) is 78.9 Å². The van der Waals surface area contributed by atoms with Crippen molar-refractivity contribution in [3.8, 4) is 11.1 Å². The molecule has 0 saturated carbocycles. The first-order valence-corrected chi connectivity index (χ1v) is 12.3. The van der Waals surface area contributed by atoms with Crippen LogP contribution < -0.4 is 5.32 Å². The number of rotatable bonds is 9. The summed E-state index contributed by atoms with van der Waals surface area (Å²) < 4.78 is 5.87. The zero-order valence-corrected chi connectivity index (χ0v) is 20.6. The van der Waals surface area contributed by atoms with Crippen molar-refractivity contribution >= 4 is 5.78 Å². The van der Waals surface area contributed by atoms with Crippen LogP contribution in [0.4, 0.5) is 0 Å². The smallest absolute Gasteiger partial charge is 0.157 e. The Morgan fingerprint density at radius 2 is 1.71 bits per heavy atom. The zero-order valence-electron chi connectivity index (χ0n) is 20.6. The maximum atomic E-state index is 13.9. The molecule has 0 bridgehead atoms. The fourth-order valence-electron chi connectivity index (χ4n) is 5.01. The van der Waals surface area contributed by atoms with E-state index in [1.54, 1.807) is 0 Å². The first kappa shape index (κ1) is 24.3. The van der Waals surface area contributed by atoms with Crippen molar-refractivity contribution in [2.75, 3.05) is 33.8 Å². The molecule has 1 fully saturated rings. The Bertz CT molecular complexity index is 1070. The SMILES string of the molecule is CCC(Cc1ccccc1-c1ccccc1)(C(=O)Cc1ccc(C2CNCCO2)cc1)N(C)C. The van der Waals surface area contributed by atoms with Crippen LogP contribution in [-0.2, 0) is 22.4 Å². The van der Waals surface area contributed by atoms with E-state index in [0.717, 1.165) is 37.2 Å². The molecule has 2 atom stereocenters. The monoisotopic (exact) mass is 456 g/mol. The lowest BCUT2D eigenvalue weighted by atomic mass is 9.79. The van der Waals surface area contributed by atoms with Gasteiger partial charge in [-0.25, -0.2) is 0 Å². The molecule has 0 spiro atoms. The van der Waals surface area contributed by atoms with E-state index in [0.29, 0.717) is 12.8 Å². The van der Waals surface area contributed by atoms with E-state index < -0.39 is 5.54 Å². The van der Waals surface area contributed by atoms with E-state index in [-0.39, 0.29) is 11.9 Å². The van der Waals surface area contributed by atoms with E-state index >= 15 is 0 Å². The van der Waals surface area contributed by atoms with Gasteiger partial charge in [-0.15, -0.1) is 0 Å². The molecule has 4 rings (SSSR count). The number of hydrogen-bond acceptors (Lipinski definition) is 4. The van der Waals surface area contributed by atoms with Crippen LogP contribution in [0, 0.1) is 0 Å². The lowest BCUT2D eigenvalue weighted by Crippen LogP contribution is -2.53. The van der Waals surface area contributed by atoms with Crippen molar-refractivity contribution in [2.24, 2.45) is 0 Å². The van der Waals surface area contributed by atoms with Gasteiger partial charge in [-0.3, -0.25) is 9.69 Å². The van der Waals surface area contributed by atoms with Gasteiger partial charge in [-0.05, 0) is 54.8 Å². The van der Waals surface area contributed by atoms with Crippen LogP contribution in [0.25, 0.3) is 11.1 Å². The highest BCUT2D eigenvalue weighted by molar-refractivity contribution is 5.91. The minimum Gasteiger partial charge on any atom is -0.371 e. The van der Waals surface area contributed by atoms with Gasteiger partial charge in [-0.2, -0.15) is 0 Å². The molecule has 0 amide bonds. The lowest BCUT2D eigenvalue weighted by molar-refractivity contribution is -0.129. The number of likely N-dealkylation sites (N-methyl/N-ethyl adjacent to an activating group) is 1. The zero-order chi connectivity index (χ0) is 24.0. The minimum atomic E-state index is -0.569. The fraction of sp³-hybridized carbons (Fsp3) is 0.367. The summed E-state index contributed by atoms with van der Waals surface area (Å²) in [5, 5.41) is 3.37. The Balaban J connectivity index is 1.57. The average Bonchev–Trinajstić information content (AvgIpc) is 2.89. The van der Waals surface area contributed by atoms with E-state index in [1.807, 2.05) is 20.2 Å². The summed E-state index contributed by atoms with van der Waals surface area (Å²) in [7, 11) is 4.06. The summed E-state index contributed by atoms with van der Waals surface area (Å²) in [6.45, 7) is 4.59. The van der Waals surface area contributed by atoms with Crippen LogP contribution in [0.3, 0.4) is 0 Å². The van der Waals surface area contributed by atoms with Gasteiger partial charge >= 0.3 is 0 Å². The maximum Gasteiger partial charge on any atom is 0.157 e. The number of Topliss-reactive ketones (excluding diaryl/α,β-unsaturated/α-hetero) is 1. The highest BCUT2D eigenvalue weighted by atomic mass is 16.5. The standard InChI is InChI=1S/C30H36N2O2/c1-4-30(32(2)3,21-26-12-8-9-13-27(26)24-10-6-5-7-11-24)29(33)20-23-14-16-25(17-15-23)28-22-31-18-19-34-28/h5-17,28,31H,4,18-22H2,1-3H3. The molecule has 0 aromatic heterocycles. The quantitative estimate of drug-likeness (QED) is 0.488. The maximum absolute atomic E-state index is 13.9. The number of nitrogens with one attached hydrogen (secondary N) is 1. The van der Waals surface area contributed by atoms with Gasteiger partial charge in [0, 0.05) is 19.5 Å². The largest absolute Gasteiger partial charge is 0.371 e. The van der Waals surface area contributed by atoms with Gasteiger partial charge in [0.05, 0.1) is 18.2 Å².